The molecule has 0 bridgehead atoms. The first-order chi connectivity index (χ1) is 10.1. The SMILES string of the molecule is Cc1cccc([C@H]2C(C#N)=C(N)Oc3cc(O)ccc32)c1. The van der Waals surface area contributed by atoms with Crippen molar-refractivity contribution in [3.05, 3.63) is 70.6 Å². The average Bonchev–Trinajstić information content (AvgIpc) is 2.45. The molecule has 1 heterocycles. The molecule has 0 saturated heterocycles. The van der Waals surface area contributed by atoms with Gasteiger partial charge in [0, 0.05) is 11.6 Å². The number of fused-ring (bicyclic) bond motifs is 1. The number of rotatable bonds is 1. The summed E-state index contributed by atoms with van der Waals surface area (Å²) >= 11 is 0. The van der Waals surface area contributed by atoms with Gasteiger partial charge in [-0.1, -0.05) is 35.9 Å². The lowest BCUT2D eigenvalue weighted by Crippen LogP contribution is -2.21. The molecule has 0 aliphatic carbocycles. The Hall–Kier alpha value is -2.93. The smallest absolute Gasteiger partial charge is 0.205 e. The summed E-state index contributed by atoms with van der Waals surface area (Å²) in [5, 5.41) is 19.0. The molecule has 4 heteroatoms. The van der Waals surface area contributed by atoms with E-state index in [0.717, 1.165) is 16.7 Å². The molecule has 2 aromatic carbocycles. The molecule has 1 atom stereocenters. The number of phenols is 1. The quantitative estimate of drug-likeness (QED) is 0.840. The zero-order valence-electron chi connectivity index (χ0n) is 11.5. The van der Waals surface area contributed by atoms with Crippen LogP contribution < -0.4 is 10.5 Å². The van der Waals surface area contributed by atoms with Crippen molar-refractivity contribution in [2.24, 2.45) is 5.73 Å². The molecule has 2 aromatic rings. The molecule has 0 radical (unpaired) electrons. The van der Waals surface area contributed by atoms with Crippen LogP contribution >= 0.6 is 0 Å². The minimum atomic E-state index is -0.278. The zero-order valence-corrected chi connectivity index (χ0v) is 11.5. The van der Waals surface area contributed by atoms with E-state index in [2.05, 4.69) is 6.07 Å². The van der Waals surface area contributed by atoms with Crippen LogP contribution in [0, 0.1) is 18.3 Å². The molecule has 104 valence electrons. The molecule has 21 heavy (non-hydrogen) atoms. The number of nitriles is 1. The normalized spacial score (nSPS) is 16.9. The van der Waals surface area contributed by atoms with Gasteiger partial charge in [-0.3, -0.25) is 0 Å². The summed E-state index contributed by atoms with van der Waals surface area (Å²) in [5.41, 5.74) is 9.17. The van der Waals surface area contributed by atoms with Gasteiger partial charge in [0.15, 0.2) is 0 Å². The largest absolute Gasteiger partial charge is 0.508 e. The van der Waals surface area contributed by atoms with E-state index in [1.807, 2.05) is 31.2 Å². The van der Waals surface area contributed by atoms with Crippen molar-refractivity contribution in [1.29, 1.82) is 5.26 Å². The molecule has 1 aliphatic heterocycles. The number of allylic oxidation sites excluding steroid dienone is 1. The first-order valence-electron chi connectivity index (χ1n) is 6.57. The highest BCUT2D eigenvalue weighted by atomic mass is 16.5. The predicted molar refractivity (Wildman–Crippen MR) is 78.6 cm³/mol. The van der Waals surface area contributed by atoms with E-state index in [-0.39, 0.29) is 17.6 Å². The zero-order chi connectivity index (χ0) is 15.0. The minimum Gasteiger partial charge on any atom is -0.508 e. The number of aromatic hydroxyl groups is 1. The molecule has 3 rings (SSSR count). The Morgan fingerprint density at radius 1 is 1.24 bits per heavy atom. The average molecular weight is 278 g/mol. The number of aryl methyl sites for hydroxylation is 1. The molecule has 3 N–H and O–H groups in total. The second-order valence-electron chi connectivity index (χ2n) is 5.06. The number of nitrogens with two attached hydrogens (primary N) is 1. The minimum absolute atomic E-state index is 0.0853. The van der Waals surface area contributed by atoms with Crippen LogP contribution in [0.15, 0.2) is 53.9 Å². The predicted octanol–water partition coefficient (Wildman–Crippen LogP) is 2.92. The third-order valence-corrected chi connectivity index (χ3v) is 3.58. The topological polar surface area (TPSA) is 79.3 Å². The van der Waals surface area contributed by atoms with Crippen molar-refractivity contribution >= 4 is 0 Å². The van der Waals surface area contributed by atoms with E-state index in [0.29, 0.717) is 11.3 Å². The van der Waals surface area contributed by atoms with Gasteiger partial charge in [-0.2, -0.15) is 5.26 Å². The van der Waals surface area contributed by atoms with Crippen molar-refractivity contribution in [3.8, 4) is 17.6 Å². The second-order valence-corrected chi connectivity index (χ2v) is 5.06. The Morgan fingerprint density at radius 2 is 2.05 bits per heavy atom. The lowest BCUT2D eigenvalue weighted by atomic mass is 9.83. The van der Waals surface area contributed by atoms with Gasteiger partial charge in [-0.15, -0.1) is 0 Å². The van der Waals surface area contributed by atoms with Crippen LogP contribution in [-0.4, -0.2) is 5.11 Å². The van der Waals surface area contributed by atoms with Crippen LogP contribution in [-0.2, 0) is 0 Å². The lowest BCUT2D eigenvalue weighted by molar-refractivity contribution is 0.388. The van der Waals surface area contributed by atoms with Crippen molar-refractivity contribution in [1.82, 2.24) is 0 Å². The van der Waals surface area contributed by atoms with Crippen molar-refractivity contribution in [2.45, 2.75) is 12.8 Å². The van der Waals surface area contributed by atoms with E-state index < -0.39 is 0 Å². The Kier molecular flexibility index (Phi) is 3.03. The summed E-state index contributed by atoms with van der Waals surface area (Å²) in [6, 6.07) is 14.9. The van der Waals surface area contributed by atoms with E-state index in [1.54, 1.807) is 12.1 Å². The standard InChI is InChI=1S/C17H14N2O2/c1-10-3-2-4-11(7-10)16-13-6-5-12(20)8-15(13)21-17(19)14(16)9-18/h2-8,16,20H,19H2,1H3/t16-/m1/s1. The summed E-state index contributed by atoms with van der Waals surface area (Å²) in [5.74, 6) is 0.393. The van der Waals surface area contributed by atoms with Gasteiger partial charge in [0.1, 0.15) is 23.1 Å². The van der Waals surface area contributed by atoms with Gasteiger partial charge in [0.05, 0.1) is 5.92 Å². The first-order valence-corrected chi connectivity index (χ1v) is 6.57. The Labute approximate surface area is 122 Å². The van der Waals surface area contributed by atoms with Crippen LogP contribution in [0.25, 0.3) is 0 Å². The summed E-state index contributed by atoms with van der Waals surface area (Å²) < 4.78 is 5.47. The number of nitrogens with zero attached hydrogens (tertiary/aromatic N) is 1. The van der Waals surface area contributed by atoms with Crippen molar-refractivity contribution < 1.29 is 9.84 Å². The van der Waals surface area contributed by atoms with E-state index in [4.69, 9.17) is 10.5 Å². The molecular formula is C17H14N2O2. The van der Waals surface area contributed by atoms with Crippen LogP contribution in [0.3, 0.4) is 0 Å². The first kappa shape index (κ1) is 13.1. The highest BCUT2D eigenvalue weighted by Gasteiger charge is 2.30. The van der Waals surface area contributed by atoms with E-state index >= 15 is 0 Å². The maximum atomic E-state index is 9.60. The van der Waals surface area contributed by atoms with E-state index in [9.17, 15) is 10.4 Å². The summed E-state index contributed by atoms with van der Waals surface area (Å²) in [7, 11) is 0. The maximum Gasteiger partial charge on any atom is 0.205 e. The van der Waals surface area contributed by atoms with Crippen LogP contribution in [0.5, 0.6) is 11.5 Å². The fraction of sp³-hybridized carbons (Fsp3) is 0.118. The van der Waals surface area contributed by atoms with Gasteiger partial charge in [0.2, 0.25) is 5.88 Å². The Balaban J connectivity index is 2.24. The number of ether oxygens (including phenoxy) is 1. The van der Waals surface area contributed by atoms with Crippen LogP contribution in [0.2, 0.25) is 0 Å². The number of phenolic OH excluding ortho intramolecular Hbond substituents is 1. The number of hydrogen-bond acceptors (Lipinski definition) is 4. The van der Waals surface area contributed by atoms with Gasteiger partial charge in [-0.25, -0.2) is 0 Å². The summed E-state index contributed by atoms with van der Waals surface area (Å²) in [6.07, 6.45) is 0. The Morgan fingerprint density at radius 3 is 2.76 bits per heavy atom. The molecule has 0 saturated carbocycles. The van der Waals surface area contributed by atoms with Crippen LogP contribution in [0.4, 0.5) is 0 Å². The summed E-state index contributed by atoms with van der Waals surface area (Å²) in [4.78, 5) is 0. The maximum absolute atomic E-state index is 9.60. The monoisotopic (exact) mass is 278 g/mol. The van der Waals surface area contributed by atoms with Gasteiger partial charge >= 0.3 is 0 Å². The lowest BCUT2D eigenvalue weighted by Gasteiger charge is -2.26. The van der Waals surface area contributed by atoms with Crippen molar-refractivity contribution in [2.75, 3.05) is 0 Å². The van der Waals surface area contributed by atoms with Crippen LogP contribution in [0.1, 0.15) is 22.6 Å². The third kappa shape index (κ3) is 2.19. The fourth-order valence-corrected chi connectivity index (χ4v) is 2.64. The molecule has 1 aliphatic rings. The molecule has 0 amide bonds. The van der Waals surface area contributed by atoms with Gasteiger partial charge in [0.25, 0.3) is 0 Å². The van der Waals surface area contributed by atoms with Crippen molar-refractivity contribution in [3.63, 3.8) is 0 Å². The molecule has 0 unspecified atom stereocenters. The fourth-order valence-electron chi connectivity index (χ4n) is 2.64. The number of benzene rings is 2. The molecule has 0 fully saturated rings. The highest BCUT2D eigenvalue weighted by Crippen LogP contribution is 2.43. The second kappa shape index (κ2) is 4.88. The summed E-state index contributed by atoms with van der Waals surface area (Å²) in [6.45, 7) is 2.00. The molecule has 4 nitrogen and oxygen atoms in total. The third-order valence-electron chi connectivity index (χ3n) is 3.58. The van der Waals surface area contributed by atoms with E-state index in [1.165, 1.54) is 6.07 Å². The highest BCUT2D eigenvalue weighted by molar-refractivity contribution is 5.57. The number of hydrogen-bond donors (Lipinski definition) is 2. The Bertz CT molecular complexity index is 788. The van der Waals surface area contributed by atoms with Gasteiger partial charge < -0.3 is 15.6 Å². The molecule has 0 spiro atoms. The molecular weight excluding hydrogens is 264 g/mol. The van der Waals surface area contributed by atoms with Gasteiger partial charge in [-0.05, 0) is 18.6 Å². The molecule has 0 aromatic heterocycles.